The third-order valence-corrected chi connectivity index (χ3v) is 9.09. The van der Waals surface area contributed by atoms with Gasteiger partial charge < -0.3 is 19.3 Å². The standard InChI is InChI=1S/C25H33B6N3O5/c26-22-24(28,29)34(25(30,31)23(27)39-22)10-13-4-6-14(7-5-13)12-38-18-3-1-2-15-16(18)11-33(21(15)37)17-8-9-19(35)32-20(17)36/h1-7,17,22-23H,8-12,26-31H2,(H,32,35,36). The van der Waals surface area contributed by atoms with Crippen LogP contribution in [0.25, 0.3) is 0 Å². The van der Waals surface area contributed by atoms with E-state index in [0.29, 0.717) is 24.3 Å². The van der Waals surface area contributed by atoms with Gasteiger partial charge in [0.2, 0.25) is 11.8 Å². The minimum absolute atomic E-state index is 0.107. The van der Waals surface area contributed by atoms with E-state index < -0.39 is 11.9 Å². The zero-order valence-electron chi connectivity index (χ0n) is 23.7. The molecule has 0 radical (unpaired) electrons. The summed E-state index contributed by atoms with van der Waals surface area (Å²) in [5.41, 5.74) is 3.59. The van der Waals surface area contributed by atoms with Crippen molar-refractivity contribution >= 4 is 64.8 Å². The average Bonchev–Trinajstić information content (AvgIpc) is 3.22. The van der Waals surface area contributed by atoms with Crippen LogP contribution in [0.3, 0.4) is 0 Å². The Labute approximate surface area is 235 Å². The highest BCUT2D eigenvalue weighted by Gasteiger charge is 2.48. The van der Waals surface area contributed by atoms with Gasteiger partial charge in [0.25, 0.3) is 5.91 Å². The molecule has 0 aliphatic carbocycles. The second-order valence-electron chi connectivity index (χ2n) is 12.1. The SMILES string of the molecule is BC1OC(B)C(B)(B)N(Cc2ccc(COc3cccc4c3CN(C3CCC(=O)NC3=O)C4=O)cc2)C1(B)B. The second kappa shape index (κ2) is 10.3. The minimum Gasteiger partial charge on any atom is -0.489 e. The summed E-state index contributed by atoms with van der Waals surface area (Å²) in [4.78, 5) is 41.1. The van der Waals surface area contributed by atoms with Gasteiger partial charge in [0.05, 0.1) is 6.54 Å². The molecule has 0 aromatic heterocycles. The quantitative estimate of drug-likeness (QED) is 0.306. The first-order valence-corrected chi connectivity index (χ1v) is 13.8. The molecule has 0 bridgehead atoms. The number of rotatable bonds is 6. The Balaban J connectivity index is 1.26. The molecule has 3 heterocycles. The van der Waals surface area contributed by atoms with Crippen LogP contribution in [0, 0.1) is 0 Å². The maximum absolute atomic E-state index is 13.1. The molecule has 3 unspecified atom stereocenters. The number of amides is 3. The summed E-state index contributed by atoms with van der Waals surface area (Å²) in [6, 6.07) is 13.5. The lowest BCUT2D eigenvalue weighted by molar-refractivity contribution is -0.136. The normalized spacial score (nSPS) is 26.2. The Hall–Kier alpha value is -2.84. The lowest BCUT2D eigenvalue weighted by atomic mass is 9.43. The molecule has 5 rings (SSSR count). The zero-order valence-corrected chi connectivity index (χ0v) is 23.7. The molecule has 196 valence electrons. The van der Waals surface area contributed by atoms with Crippen LogP contribution in [0.4, 0.5) is 0 Å². The van der Waals surface area contributed by atoms with Crippen LogP contribution in [0.1, 0.15) is 39.9 Å². The van der Waals surface area contributed by atoms with E-state index in [1.165, 1.54) is 5.56 Å². The van der Waals surface area contributed by atoms with E-state index >= 15 is 0 Å². The molecule has 2 aromatic rings. The van der Waals surface area contributed by atoms with Gasteiger partial charge in [0.1, 0.15) is 65.5 Å². The molecular formula is C25H33B6N3O5. The van der Waals surface area contributed by atoms with Crippen LogP contribution in [-0.4, -0.2) is 103 Å². The van der Waals surface area contributed by atoms with Crippen LogP contribution >= 0.6 is 0 Å². The summed E-state index contributed by atoms with van der Waals surface area (Å²) in [6.07, 6.45) is 0.568. The van der Waals surface area contributed by atoms with Gasteiger partial charge in [0, 0.05) is 36.1 Å². The molecule has 0 saturated carbocycles. The van der Waals surface area contributed by atoms with Crippen LogP contribution in [0.15, 0.2) is 42.5 Å². The van der Waals surface area contributed by atoms with Gasteiger partial charge in [-0.2, -0.15) is 0 Å². The van der Waals surface area contributed by atoms with Crippen molar-refractivity contribution in [2.45, 2.75) is 61.3 Å². The van der Waals surface area contributed by atoms with Gasteiger partial charge in [-0.1, -0.05) is 30.3 Å². The zero-order chi connectivity index (χ0) is 28.1. The van der Waals surface area contributed by atoms with E-state index in [1.54, 1.807) is 17.0 Å². The van der Waals surface area contributed by atoms with Crippen LogP contribution < -0.4 is 10.1 Å². The maximum Gasteiger partial charge on any atom is 0.255 e. The van der Waals surface area contributed by atoms with E-state index in [9.17, 15) is 14.4 Å². The summed E-state index contributed by atoms with van der Waals surface area (Å²) in [5, 5.41) is 2.13. The number of carbonyl (C=O) groups is 3. The van der Waals surface area contributed by atoms with Crippen LogP contribution in [-0.2, 0) is 34.0 Å². The molecule has 2 fully saturated rings. The number of nitrogens with zero attached hydrogens (tertiary/aromatic N) is 2. The van der Waals surface area contributed by atoms with E-state index in [-0.39, 0.29) is 47.5 Å². The Bertz CT molecular complexity index is 1290. The van der Waals surface area contributed by atoms with Gasteiger partial charge in [-0.05, 0) is 40.4 Å². The molecule has 1 N–H and O–H groups in total. The first kappa shape index (κ1) is 27.7. The van der Waals surface area contributed by atoms with Crippen molar-refractivity contribution in [1.29, 1.82) is 0 Å². The lowest BCUT2D eigenvalue weighted by Gasteiger charge is -2.60. The topological polar surface area (TPSA) is 88.2 Å². The third kappa shape index (κ3) is 5.09. The molecule has 8 nitrogen and oxygen atoms in total. The van der Waals surface area contributed by atoms with Crippen LogP contribution in [0.5, 0.6) is 5.75 Å². The third-order valence-electron chi connectivity index (χ3n) is 9.09. The first-order chi connectivity index (χ1) is 18.4. The second-order valence-corrected chi connectivity index (χ2v) is 12.1. The molecule has 3 aliphatic rings. The summed E-state index contributed by atoms with van der Waals surface area (Å²) < 4.78 is 12.4. The molecule has 14 heteroatoms. The Kier molecular flexibility index (Phi) is 7.31. The van der Waals surface area contributed by atoms with Crippen molar-refractivity contribution in [2.24, 2.45) is 0 Å². The smallest absolute Gasteiger partial charge is 0.255 e. The number of ether oxygens (including phenoxy) is 2. The van der Waals surface area contributed by atoms with Gasteiger partial charge in [-0.25, -0.2) is 0 Å². The molecule has 2 aromatic carbocycles. The highest BCUT2D eigenvalue weighted by molar-refractivity contribution is 6.48. The fraction of sp³-hybridized carbons (Fsp3) is 0.400. The van der Waals surface area contributed by atoms with E-state index in [0.717, 1.165) is 17.7 Å². The minimum atomic E-state index is -0.643. The summed E-state index contributed by atoms with van der Waals surface area (Å²) >= 11 is 0. The van der Waals surface area contributed by atoms with E-state index in [2.05, 4.69) is 81.6 Å². The number of benzene rings is 2. The average molecular weight is 520 g/mol. The van der Waals surface area contributed by atoms with Crippen molar-refractivity contribution in [2.75, 3.05) is 0 Å². The fourth-order valence-electron chi connectivity index (χ4n) is 6.01. The largest absolute Gasteiger partial charge is 0.489 e. The van der Waals surface area contributed by atoms with Crippen LogP contribution in [0.2, 0.25) is 0 Å². The highest BCUT2D eigenvalue weighted by Crippen LogP contribution is 2.35. The van der Waals surface area contributed by atoms with Crippen molar-refractivity contribution in [3.8, 4) is 5.75 Å². The Morgan fingerprint density at radius 2 is 1.59 bits per heavy atom. The summed E-state index contributed by atoms with van der Waals surface area (Å²) in [7, 11) is 13.3. The predicted octanol–water partition coefficient (Wildman–Crippen LogP) is -4.38. The van der Waals surface area contributed by atoms with Crippen molar-refractivity contribution < 1.29 is 23.9 Å². The monoisotopic (exact) mass is 521 g/mol. The number of carbonyl (C=O) groups excluding carboxylic acids is 3. The number of fused-ring (bicyclic) bond motifs is 1. The molecule has 39 heavy (non-hydrogen) atoms. The van der Waals surface area contributed by atoms with Crippen molar-refractivity contribution in [3.63, 3.8) is 0 Å². The number of piperidine rings is 1. The van der Waals surface area contributed by atoms with Gasteiger partial charge >= 0.3 is 0 Å². The predicted molar refractivity (Wildman–Crippen MR) is 164 cm³/mol. The van der Waals surface area contributed by atoms with Crippen molar-refractivity contribution in [1.82, 2.24) is 15.1 Å². The van der Waals surface area contributed by atoms with E-state index in [1.807, 2.05) is 6.07 Å². The van der Waals surface area contributed by atoms with Crippen molar-refractivity contribution in [3.05, 3.63) is 64.7 Å². The molecule has 2 saturated heterocycles. The molecule has 3 atom stereocenters. The number of nitrogens with one attached hydrogen (secondary N) is 1. The molecule has 3 amide bonds. The summed E-state index contributed by atoms with van der Waals surface area (Å²) in [5.74, 6) is -0.272. The first-order valence-electron chi connectivity index (χ1n) is 13.8. The fourth-order valence-corrected chi connectivity index (χ4v) is 6.01. The number of morpholine rings is 1. The van der Waals surface area contributed by atoms with E-state index in [4.69, 9.17) is 9.47 Å². The van der Waals surface area contributed by atoms with Gasteiger partial charge in [-0.3, -0.25) is 19.7 Å². The summed E-state index contributed by atoms with van der Waals surface area (Å²) in [6.45, 7) is 1.48. The maximum atomic E-state index is 13.1. The molecule has 3 aliphatic heterocycles. The van der Waals surface area contributed by atoms with Gasteiger partial charge in [0.15, 0.2) is 0 Å². The Morgan fingerprint density at radius 3 is 2.23 bits per heavy atom. The van der Waals surface area contributed by atoms with Gasteiger partial charge in [-0.15, -0.1) is 0 Å². The number of hydrogen-bond acceptors (Lipinski definition) is 6. The Morgan fingerprint density at radius 1 is 0.949 bits per heavy atom. The molecule has 0 spiro atoms. The molecular weight excluding hydrogens is 487 g/mol. The highest BCUT2D eigenvalue weighted by atomic mass is 16.5. The lowest BCUT2D eigenvalue weighted by Crippen LogP contribution is -2.76. The number of imide groups is 1. The number of hydrogen-bond donors (Lipinski definition) is 1.